The molecule has 2 rings (SSSR count). The van der Waals surface area contributed by atoms with Crippen molar-refractivity contribution < 1.29 is 18.4 Å². The molecule has 1 aliphatic rings. The SMILES string of the molecule is O=[N+]([O-])c1ccc(Br)cc1S(=O)(=O)N1CCCC(O)C1. The molecule has 0 aliphatic carbocycles. The molecule has 1 N–H and O–H groups in total. The molecule has 110 valence electrons. The minimum absolute atomic E-state index is 0.0357. The Kier molecular flexibility index (Phi) is 4.43. The second-order valence-corrected chi connectivity index (χ2v) is 7.35. The standard InChI is InChI=1S/C11H13BrN2O5S/c12-8-3-4-10(14(16)17)11(6-8)20(18,19)13-5-1-2-9(15)7-13/h3-4,6,9,15H,1-2,5,7H2. The van der Waals surface area contributed by atoms with Crippen molar-refractivity contribution in [2.75, 3.05) is 13.1 Å². The Labute approximate surface area is 124 Å². The van der Waals surface area contributed by atoms with E-state index in [1.54, 1.807) is 0 Å². The summed E-state index contributed by atoms with van der Waals surface area (Å²) in [5.74, 6) is 0. The molecule has 1 unspecified atom stereocenters. The summed E-state index contributed by atoms with van der Waals surface area (Å²) in [7, 11) is -3.99. The van der Waals surface area contributed by atoms with Crippen LogP contribution in [-0.4, -0.2) is 41.9 Å². The lowest BCUT2D eigenvalue weighted by Crippen LogP contribution is -2.42. The van der Waals surface area contributed by atoms with Gasteiger partial charge in [0, 0.05) is 23.6 Å². The van der Waals surface area contributed by atoms with Gasteiger partial charge in [-0.15, -0.1) is 0 Å². The van der Waals surface area contributed by atoms with Gasteiger partial charge in [0.25, 0.3) is 5.69 Å². The minimum atomic E-state index is -3.99. The number of aliphatic hydroxyl groups excluding tert-OH is 1. The second-order valence-electron chi connectivity index (χ2n) is 4.53. The van der Waals surface area contributed by atoms with E-state index in [0.29, 0.717) is 17.3 Å². The summed E-state index contributed by atoms with van der Waals surface area (Å²) in [6.45, 7) is 0.217. The number of sulfonamides is 1. The van der Waals surface area contributed by atoms with Crippen LogP contribution in [0.2, 0.25) is 0 Å². The number of rotatable bonds is 3. The molecule has 1 saturated heterocycles. The first kappa shape index (κ1) is 15.4. The van der Waals surface area contributed by atoms with Crippen LogP contribution in [0.25, 0.3) is 0 Å². The topological polar surface area (TPSA) is 101 Å². The predicted octanol–water partition coefficient (Wildman–Crippen LogP) is 1.50. The zero-order valence-corrected chi connectivity index (χ0v) is 12.8. The summed E-state index contributed by atoms with van der Waals surface area (Å²) in [6.07, 6.45) is 0.333. The minimum Gasteiger partial charge on any atom is -0.392 e. The molecule has 1 heterocycles. The van der Waals surface area contributed by atoms with Gasteiger partial charge in [0.05, 0.1) is 11.0 Å². The van der Waals surface area contributed by atoms with Crippen molar-refractivity contribution in [2.45, 2.75) is 23.8 Å². The molecule has 0 amide bonds. The fraction of sp³-hybridized carbons (Fsp3) is 0.455. The summed E-state index contributed by atoms with van der Waals surface area (Å²) in [5, 5.41) is 20.6. The van der Waals surface area contributed by atoms with Crippen molar-refractivity contribution in [2.24, 2.45) is 0 Å². The third-order valence-electron chi connectivity index (χ3n) is 3.10. The van der Waals surface area contributed by atoms with E-state index in [2.05, 4.69) is 15.9 Å². The molecule has 1 aromatic rings. The fourth-order valence-corrected chi connectivity index (χ4v) is 4.34. The monoisotopic (exact) mass is 364 g/mol. The van der Waals surface area contributed by atoms with Crippen LogP contribution in [0.4, 0.5) is 5.69 Å². The first-order valence-electron chi connectivity index (χ1n) is 5.94. The third kappa shape index (κ3) is 3.00. The molecule has 0 spiro atoms. The maximum Gasteiger partial charge on any atom is 0.289 e. The quantitative estimate of drug-likeness (QED) is 0.646. The van der Waals surface area contributed by atoms with Crippen LogP contribution < -0.4 is 0 Å². The Balaban J connectivity index is 2.48. The lowest BCUT2D eigenvalue weighted by molar-refractivity contribution is -0.387. The average molecular weight is 365 g/mol. The Morgan fingerprint density at radius 2 is 2.15 bits per heavy atom. The van der Waals surface area contributed by atoms with Crippen molar-refractivity contribution >= 4 is 31.6 Å². The molecule has 0 bridgehead atoms. The Morgan fingerprint density at radius 3 is 2.75 bits per heavy atom. The van der Waals surface area contributed by atoms with Crippen molar-refractivity contribution in [1.29, 1.82) is 0 Å². The highest BCUT2D eigenvalue weighted by Crippen LogP contribution is 2.30. The van der Waals surface area contributed by atoms with E-state index < -0.39 is 26.7 Å². The van der Waals surface area contributed by atoms with Crippen molar-refractivity contribution in [3.05, 3.63) is 32.8 Å². The molecule has 0 aromatic heterocycles. The average Bonchev–Trinajstić information content (AvgIpc) is 2.38. The van der Waals surface area contributed by atoms with Gasteiger partial charge in [-0.05, 0) is 25.0 Å². The van der Waals surface area contributed by atoms with E-state index in [1.807, 2.05) is 0 Å². The summed E-state index contributed by atoms with van der Waals surface area (Å²) in [5.41, 5.74) is -0.465. The molecule has 20 heavy (non-hydrogen) atoms. The highest BCUT2D eigenvalue weighted by Gasteiger charge is 2.34. The molecular weight excluding hydrogens is 352 g/mol. The van der Waals surface area contributed by atoms with Crippen LogP contribution in [0.1, 0.15) is 12.8 Å². The highest BCUT2D eigenvalue weighted by atomic mass is 79.9. The van der Waals surface area contributed by atoms with Gasteiger partial charge in [0.15, 0.2) is 4.90 Å². The Morgan fingerprint density at radius 1 is 1.45 bits per heavy atom. The first-order chi connectivity index (χ1) is 9.32. The van der Waals surface area contributed by atoms with Gasteiger partial charge in [-0.2, -0.15) is 4.31 Å². The molecule has 1 aliphatic heterocycles. The number of nitro groups is 1. The number of hydrogen-bond donors (Lipinski definition) is 1. The third-order valence-corrected chi connectivity index (χ3v) is 5.48. The Bertz CT molecular complexity index is 634. The number of nitrogens with zero attached hydrogens (tertiary/aromatic N) is 2. The van der Waals surface area contributed by atoms with Crippen LogP contribution in [0.15, 0.2) is 27.6 Å². The van der Waals surface area contributed by atoms with Gasteiger partial charge in [-0.1, -0.05) is 15.9 Å². The maximum absolute atomic E-state index is 12.5. The zero-order chi connectivity index (χ0) is 14.9. The highest BCUT2D eigenvalue weighted by molar-refractivity contribution is 9.10. The number of hydrogen-bond acceptors (Lipinski definition) is 5. The number of β-amino-alcohol motifs (C(OH)–C–C–N with tert-alkyl or cyclic N) is 1. The normalized spacial score (nSPS) is 20.8. The van der Waals surface area contributed by atoms with Crippen LogP contribution in [0, 0.1) is 10.1 Å². The van der Waals surface area contributed by atoms with Gasteiger partial charge in [-0.25, -0.2) is 8.42 Å². The van der Waals surface area contributed by atoms with E-state index in [0.717, 1.165) is 10.4 Å². The number of piperidine rings is 1. The van der Waals surface area contributed by atoms with Gasteiger partial charge >= 0.3 is 0 Å². The zero-order valence-electron chi connectivity index (χ0n) is 10.4. The number of aliphatic hydroxyl groups is 1. The summed E-state index contributed by atoms with van der Waals surface area (Å²) in [6, 6.07) is 3.79. The number of halogens is 1. The second kappa shape index (κ2) is 5.76. The smallest absolute Gasteiger partial charge is 0.289 e. The van der Waals surface area contributed by atoms with E-state index in [1.165, 1.54) is 12.1 Å². The molecule has 7 nitrogen and oxygen atoms in total. The Hall–Kier alpha value is -1.03. The molecule has 9 heteroatoms. The van der Waals surface area contributed by atoms with E-state index in [-0.39, 0.29) is 18.0 Å². The largest absolute Gasteiger partial charge is 0.392 e. The first-order valence-corrected chi connectivity index (χ1v) is 8.18. The van der Waals surface area contributed by atoms with Crippen molar-refractivity contribution in [3.8, 4) is 0 Å². The molecule has 1 atom stereocenters. The summed E-state index contributed by atoms with van der Waals surface area (Å²) >= 11 is 3.12. The molecule has 1 fully saturated rings. The predicted molar refractivity (Wildman–Crippen MR) is 74.8 cm³/mol. The van der Waals surface area contributed by atoms with Crippen molar-refractivity contribution in [1.82, 2.24) is 4.31 Å². The maximum atomic E-state index is 12.5. The van der Waals surface area contributed by atoms with Gasteiger partial charge in [0.1, 0.15) is 0 Å². The molecule has 0 radical (unpaired) electrons. The van der Waals surface area contributed by atoms with E-state index in [9.17, 15) is 23.6 Å². The summed E-state index contributed by atoms with van der Waals surface area (Å²) in [4.78, 5) is 9.91. The van der Waals surface area contributed by atoms with Crippen LogP contribution >= 0.6 is 15.9 Å². The fourth-order valence-electron chi connectivity index (χ4n) is 2.12. The van der Waals surface area contributed by atoms with Crippen LogP contribution in [-0.2, 0) is 10.0 Å². The van der Waals surface area contributed by atoms with Gasteiger partial charge in [0.2, 0.25) is 10.0 Å². The lowest BCUT2D eigenvalue weighted by Gasteiger charge is -2.29. The molecule has 1 aromatic carbocycles. The van der Waals surface area contributed by atoms with E-state index in [4.69, 9.17) is 0 Å². The van der Waals surface area contributed by atoms with Crippen LogP contribution in [0.3, 0.4) is 0 Å². The van der Waals surface area contributed by atoms with Gasteiger partial charge in [-0.3, -0.25) is 10.1 Å². The number of benzene rings is 1. The molecule has 0 saturated carbocycles. The van der Waals surface area contributed by atoms with Crippen LogP contribution in [0.5, 0.6) is 0 Å². The van der Waals surface area contributed by atoms with E-state index >= 15 is 0 Å². The molecular formula is C11H13BrN2O5S. The van der Waals surface area contributed by atoms with Gasteiger partial charge < -0.3 is 5.11 Å². The lowest BCUT2D eigenvalue weighted by atomic mass is 10.1. The summed E-state index contributed by atoms with van der Waals surface area (Å²) < 4.78 is 26.5. The number of nitro benzene ring substituents is 1. The van der Waals surface area contributed by atoms with Crippen molar-refractivity contribution in [3.63, 3.8) is 0 Å².